The van der Waals surface area contributed by atoms with Crippen molar-refractivity contribution in [2.75, 3.05) is 4.90 Å². The molecule has 0 aromatic heterocycles. The zero-order valence-electron chi connectivity index (χ0n) is 22.8. The summed E-state index contributed by atoms with van der Waals surface area (Å²) in [4.78, 5) is 2.52. The number of fused-ring (bicyclic) bond motifs is 8. The van der Waals surface area contributed by atoms with Crippen molar-refractivity contribution in [1.29, 1.82) is 0 Å². The predicted molar refractivity (Wildman–Crippen MR) is 166 cm³/mol. The van der Waals surface area contributed by atoms with E-state index in [0.29, 0.717) is 0 Å². The van der Waals surface area contributed by atoms with Crippen molar-refractivity contribution in [1.82, 2.24) is 0 Å². The minimum atomic E-state index is -0.128. The van der Waals surface area contributed by atoms with E-state index in [-0.39, 0.29) is 5.41 Å². The third kappa shape index (κ3) is 2.96. The molecule has 1 aliphatic heterocycles. The van der Waals surface area contributed by atoms with Gasteiger partial charge in [0.1, 0.15) is 0 Å². The number of para-hydroxylation sites is 2. The summed E-state index contributed by atoms with van der Waals surface area (Å²) in [5.41, 5.74) is 13.8. The highest BCUT2D eigenvalue weighted by molar-refractivity contribution is 6.14. The fourth-order valence-electron chi connectivity index (χ4n) is 7.52. The Morgan fingerprint density at radius 1 is 0.692 bits per heavy atom. The molecule has 0 spiro atoms. The Balaban J connectivity index is 1.63. The molecule has 1 heteroatoms. The molecule has 39 heavy (non-hydrogen) atoms. The van der Waals surface area contributed by atoms with E-state index < -0.39 is 0 Å². The van der Waals surface area contributed by atoms with Crippen molar-refractivity contribution in [3.63, 3.8) is 0 Å². The summed E-state index contributed by atoms with van der Waals surface area (Å²) < 4.78 is 0. The van der Waals surface area contributed by atoms with E-state index in [2.05, 4.69) is 135 Å². The average molecular weight is 502 g/mol. The van der Waals surface area contributed by atoms with Gasteiger partial charge in [-0.1, -0.05) is 112 Å². The number of rotatable bonds is 2. The fourth-order valence-corrected chi connectivity index (χ4v) is 7.52. The monoisotopic (exact) mass is 501 g/mol. The van der Waals surface area contributed by atoms with Gasteiger partial charge in [0.05, 0.1) is 5.69 Å². The van der Waals surface area contributed by atoms with Gasteiger partial charge in [-0.3, -0.25) is 0 Å². The van der Waals surface area contributed by atoms with Gasteiger partial charge in [-0.25, -0.2) is 0 Å². The van der Waals surface area contributed by atoms with Crippen molar-refractivity contribution >= 4 is 38.6 Å². The summed E-state index contributed by atoms with van der Waals surface area (Å²) in [6, 6.07) is 40.6. The van der Waals surface area contributed by atoms with Gasteiger partial charge in [-0.05, 0) is 79.7 Å². The Bertz CT molecular complexity index is 1940. The lowest BCUT2D eigenvalue weighted by Gasteiger charge is -2.42. The average Bonchev–Trinajstić information content (AvgIpc) is 2.98. The molecule has 8 rings (SSSR count). The predicted octanol–water partition coefficient (Wildman–Crippen LogP) is 10.2. The molecule has 0 unspecified atom stereocenters. The van der Waals surface area contributed by atoms with Crippen LogP contribution in [0.25, 0.3) is 32.7 Å². The lowest BCUT2D eigenvalue weighted by atomic mass is 9.64. The van der Waals surface area contributed by atoms with Gasteiger partial charge in [0.15, 0.2) is 0 Å². The van der Waals surface area contributed by atoms with Gasteiger partial charge < -0.3 is 4.90 Å². The molecule has 0 saturated heterocycles. The Kier molecular flexibility index (Phi) is 4.68. The van der Waals surface area contributed by atoms with E-state index >= 15 is 0 Å². The molecule has 1 heterocycles. The second-order valence-corrected chi connectivity index (χ2v) is 11.6. The summed E-state index contributed by atoms with van der Waals surface area (Å²) in [7, 11) is 0. The molecular formula is C38H31N. The van der Waals surface area contributed by atoms with E-state index in [9.17, 15) is 0 Å². The smallest absolute Gasteiger partial charge is 0.0581 e. The zero-order valence-corrected chi connectivity index (χ0v) is 22.8. The van der Waals surface area contributed by atoms with Crippen LogP contribution in [0.15, 0.2) is 109 Å². The highest BCUT2D eigenvalue weighted by atomic mass is 15.2. The van der Waals surface area contributed by atoms with Gasteiger partial charge in [0.25, 0.3) is 0 Å². The molecule has 1 nitrogen and oxygen atoms in total. The molecule has 2 aliphatic rings. The lowest BCUT2D eigenvalue weighted by molar-refractivity contribution is 0.650. The molecule has 6 aromatic rings. The molecule has 1 aliphatic carbocycles. The molecule has 6 aromatic carbocycles. The van der Waals surface area contributed by atoms with Gasteiger partial charge in [-0.2, -0.15) is 0 Å². The standard InChI is InChI=1S/C38H31N/c1-4-24-21-22-25-14-12-19-31-33(25)34(24)35-30-23-26-13-8-11-20-32(26)39(27-15-6-5-7-16-27)37(30)29-18-10-9-17-28(29)36(35)38(31,2)3/h5-22H,4,23H2,1-3H3. The van der Waals surface area contributed by atoms with Crippen LogP contribution >= 0.6 is 0 Å². The Morgan fingerprint density at radius 3 is 2.26 bits per heavy atom. The van der Waals surface area contributed by atoms with Crippen molar-refractivity contribution in [2.24, 2.45) is 0 Å². The molecule has 0 amide bonds. The normalized spacial score (nSPS) is 14.7. The Labute approximate surface area is 230 Å². The number of hydrogen-bond donors (Lipinski definition) is 0. The van der Waals surface area contributed by atoms with Crippen LogP contribution in [0.2, 0.25) is 0 Å². The summed E-state index contributed by atoms with van der Waals surface area (Å²) >= 11 is 0. The van der Waals surface area contributed by atoms with Crippen LogP contribution in [-0.4, -0.2) is 0 Å². The van der Waals surface area contributed by atoms with Crippen molar-refractivity contribution < 1.29 is 0 Å². The van der Waals surface area contributed by atoms with E-state index in [4.69, 9.17) is 0 Å². The molecule has 0 bridgehead atoms. The van der Waals surface area contributed by atoms with Crippen LogP contribution < -0.4 is 4.90 Å². The lowest BCUT2D eigenvalue weighted by Crippen LogP contribution is -2.28. The SMILES string of the molecule is CCc1ccc2cccc3c2c1-c1c2c(c4ccccc4c1C3(C)C)N(c1ccccc1)c1ccccc1C2. The first-order valence-electron chi connectivity index (χ1n) is 14.2. The number of benzene rings is 6. The third-order valence-electron chi connectivity index (χ3n) is 9.19. The summed E-state index contributed by atoms with van der Waals surface area (Å²) in [5, 5.41) is 5.49. The van der Waals surface area contributed by atoms with Gasteiger partial charge in [0, 0.05) is 28.6 Å². The number of nitrogens with zero attached hydrogens (tertiary/aromatic N) is 1. The Morgan fingerprint density at radius 2 is 1.44 bits per heavy atom. The first-order chi connectivity index (χ1) is 19.1. The van der Waals surface area contributed by atoms with E-state index in [1.807, 2.05) is 0 Å². The molecule has 0 saturated carbocycles. The van der Waals surface area contributed by atoms with Crippen LogP contribution in [0, 0.1) is 0 Å². The molecule has 188 valence electrons. The summed E-state index contributed by atoms with van der Waals surface area (Å²) in [6.07, 6.45) is 1.94. The van der Waals surface area contributed by atoms with Crippen LogP contribution in [-0.2, 0) is 18.3 Å². The summed E-state index contributed by atoms with van der Waals surface area (Å²) in [5.74, 6) is 0. The topological polar surface area (TPSA) is 3.24 Å². The van der Waals surface area contributed by atoms with Crippen LogP contribution in [0.1, 0.15) is 48.6 Å². The Hall–Kier alpha value is -4.36. The molecule has 0 atom stereocenters. The zero-order chi connectivity index (χ0) is 26.3. The maximum absolute atomic E-state index is 2.52. The highest BCUT2D eigenvalue weighted by Crippen LogP contribution is 2.58. The van der Waals surface area contributed by atoms with Crippen molar-refractivity contribution in [3.8, 4) is 11.1 Å². The highest BCUT2D eigenvalue weighted by Gasteiger charge is 2.40. The second kappa shape index (κ2) is 8.07. The van der Waals surface area contributed by atoms with Gasteiger partial charge in [0.2, 0.25) is 0 Å². The van der Waals surface area contributed by atoms with Crippen LogP contribution in [0.4, 0.5) is 17.1 Å². The minimum absolute atomic E-state index is 0.128. The number of aryl methyl sites for hydroxylation is 1. The second-order valence-electron chi connectivity index (χ2n) is 11.6. The largest absolute Gasteiger partial charge is 0.309 e. The van der Waals surface area contributed by atoms with Crippen LogP contribution in [0.5, 0.6) is 0 Å². The molecule has 0 radical (unpaired) electrons. The molecule has 0 N–H and O–H groups in total. The quantitative estimate of drug-likeness (QED) is 0.228. The van der Waals surface area contributed by atoms with Crippen molar-refractivity contribution in [3.05, 3.63) is 137 Å². The third-order valence-corrected chi connectivity index (χ3v) is 9.19. The first-order valence-corrected chi connectivity index (χ1v) is 14.2. The van der Waals surface area contributed by atoms with Gasteiger partial charge in [-0.15, -0.1) is 0 Å². The van der Waals surface area contributed by atoms with E-state index in [1.54, 1.807) is 0 Å². The maximum Gasteiger partial charge on any atom is 0.0581 e. The number of anilines is 3. The molecular weight excluding hydrogens is 470 g/mol. The van der Waals surface area contributed by atoms with E-state index in [1.165, 1.54) is 77.6 Å². The summed E-state index contributed by atoms with van der Waals surface area (Å²) in [6.45, 7) is 7.18. The van der Waals surface area contributed by atoms with Crippen molar-refractivity contribution in [2.45, 2.75) is 39.0 Å². The number of hydrogen-bond acceptors (Lipinski definition) is 1. The van der Waals surface area contributed by atoms with Crippen LogP contribution in [0.3, 0.4) is 0 Å². The first kappa shape index (κ1) is 22.6. The van der Waals surface area contributed by atoms with Gasteiger partial charge >= 0.3 is 0 Å². The fraction of sp³-hybridized carbons (Fsp3) is 0.158. The van der Waals surface area contributed by atoms with E-state index in [0.717, 1.165) is 12.8 Å². The maximum atomic E-state index is 2.52. The molecule has 0 fully saturated rings. The minimum Gasteiger partial charge on any atom is -0.309 e.